The molecule has 3 rings (SSSR count). The molecule has 0 spiro atoms. The Morgan fingerprint density at radius 1 is 1.06 bits per heavy atom. The second kappa shape index (κ2) is 12.0. The molecule has 0 bridgehead atoms. The standard InChI is InChI=1S/C22H36N4O6/c27-19(6-5-15-7-9-23-10-8-15)26-11-1-2-17(13-26)20(28)24-12-18(21(29)30)25-22(31)32-14-16-3-4-16/h15-18,23H,1-14H2,(H,24,28)(H,25,31)(H,29,30)/t17-,18+/m1/s1. The van der Waals surface area contributed by atoms with Crippen molar-refractivity contribution in [3.8, 4) is 0 Å². The van der Waals surface area contributed by atoms with Crippen molar-refractivity contribution in [2.75, 3.05) is 39.3 Å². The molecule has 0 aromatic carbocycles. The Morgan fingerprint density at radius 2 is 1.81 bits per heavy atom. The number of alkyl carbamates (subject to hydrolysis) is 1. The molecule has 10 nitrogen and oxygen atoms in total. The number of carbonyl (C=O) groups is 4. The maximum atomic E-state index is 12.6. The lowest BCUT2D eigenvalue weighted by atomic mass is 9.92. The van der Waals surface area contributed by atoms with Gasteiger partial charge in [-0.15, -0.1) is 0 Å². The number of carboxylic acid groups (broad SMARTS) is 1. The van der Waals surface area contributed by atoms with E-state index in [0.29, 0.717) is 37.8 Å². The van der Waals surface area contributed by atoms with Crippen LogP contribution in [0.4, 0.5) is 4.79 Å². The van der Waals surface area contributed by atoms with Crippen LogP contribution in [-0.4, -0.2) is 79.3 Å². The van der Waals surface area contributed by atoms with Crippen LogP contribution >= 0.6 is 0 Å². The number of nitrogens with one attached hydrogen (secondary N) is 3. The fourth-order valence-electron chi connectivity index (χ4n) is 4.28. The van der Waals surface area contributed by atoms with Gasteiger partial charge in [-0.25, -0.2) is 9.59 Å². The van der Waals surface area contributed by atoms with E-state index in [0.717, 1.165) is 51.6 Å². The van der Waals surface area contributed by atoms with Crippen molar-refractivity contribution in [3.63, 3.8) is 0 Å². The van der Waals surface area contributed by atoms with Gasteiger partial charge in [0.15, 0.2) is 0 Å². The number of likely N-dealkylation sites (tertiary alicyclic amines) is 1. The van der Waals surface area contributed by atoms with Crippen molar-refractivity contribution in [1.82, 2.24) is 20.9 Å². The van der Waals surface area contributed by atoms with Gasteiger partial charge in [0.05, 0.1) is 12.5 Å². The third-order valence-electron chi connectivity index (χ3n) is 6.59. The summed E-state index contributed by atoms with van der Waals surface area (Å²) in [6.07, 6.45) is 6.24. The largest absolute Gasteiger partial charge is 0.480 e. The molecule has 3 aliphatic rings. The van der Waals surface area contributed by atoms with E-state index in [-0.39, 0.29) is 30.9 Å². The normalized spacial score (nSPS) is 22.6. The van der Waals surface area contributed by atoms with Crippen molar-refractivity contribution in [2.24, 2.45) is 17.8 Å². The third kappa shape index (κ3) is 7.96. The van der Waals surface area contributed by atoms with Gasteiger partial charge in [-0.2, -0.15) is 0 Å². The summed E-state index contributed by atoms with van der Waals surface area (Å²) >= 11 is 0. The Hall–Kier alpha value is -2.36. The molecule has 0 aromatic rings. The molecule has 32 heavy (non-hydrogen) atoms. The average Bonchev–Trinajstić information content (AvgIpc) is 3.64. The second-order valence-corrected chi connectivity index (χ2v) is 9.23. The molecular weight excluding hydrogens is 416 g/mol. The number of carboxylic acids is 1. The van der Waals surface area contributed by atoms with Crippen LogP contribution in [0.5, 0.6) is 0 Å². The smallest absolute Gasteiger partial charge is 0.407 e. The molecule has 180 valence electrons. The van der Waals surface area contributed by atoms with Gasteiger partial charge in [0, 0.05) is 26.1 Å². The average molecular weight is 453 g/mol. The molecule has 2 heterocycles. The van der Waals surface area contributed by atoms with Gasteiger partial charge in [-0.3, -0.25) is 9.59 Å². The van der Waals surface area contributed by atoms with E-state index in [9.17, 15) is 24.3 Å². The first-order chi connectivity index (χ1) is 15.4. The van der Waals surface area contributed by atoms with Crippen LogP contribution in [0, 0.1) is 17.8 Å². The van der Waals surface area contributed by atoms with Crippen molar-refractivity contribution in [3.05, 3.63) is 0 Å². The number of hydrogen-bond acceptors (Lipinski definition) is 6. The highest BCUT2D eigenvalue weighted by Crippen LogP contribution is 2.28. The SMILES string of the molecule is O=C(N[C@@H](CNC(=O)[C@@H]1CCCN(C(=O)CCC2CCNCC2)C1)C(=O)O)OCC1CC1. The monoisotopic (exact) mass is 452 g/mol. The fourth-order valence-corrected chi connectivity index (χ4v) is 4.28. The first kappa shape index (κ1) is 24.3. The highest BCUT2D eigenvalue weighted by atomic mass is 16.5. The molecule has 3 amide bonds. The van der Waals surface area contributed by atoms with E-state index in [4.69, 9.17) is 4.74 Å². The number of rotatable bonds is 10. The number of piperidine rings is 2. The van der Waals surface area contributed by atoms with E-state index in [1.807, 2.05) is 0 Å². The molecular formula is C22H36N4O6. The van der Waals surface area contributed by atoms with Gasteiger partial charge in [-0.1, -0.05) is 0 Å². The van der Waals surface area contributed by atoms with Crippen LogP contribution in [0.1, 0.15) is 51.4 Å². The number of amides is 3. The zero-order valence-corrected chi connectivity index (χ0v) is 18.6. The van der Waals surface area contributed by atoms with Gasteiger partial charge in [0.2, 0.25) is 11.8 Å². The maximum absolute atomic E-state index is 12.6. The molecule has 0 radical (unpaired) electrons. The minimum Gasteiger partial charge on any atom is -0.480 e. The molecule has 0 aromatic heterocycles. The molecule has 1 aliphatic carbocycles. The van der Waals surface area contributed by atoms with Crippen LogP contribution in [0.3, 0.4) is 0 Å². The summed E-state index contributed by atoms with van der Waals surface area (Å²) in [6, 6.07) is -1.27. The third-order valence-corrected chi connectivity index (χ3v) is 6.59. The Bertz CT molecular complexity index is 677. The van der Waals surface area contributed by atoms with Crippen LogP contribution in [0.25, 0.3) is 0 Å². The first-order valence-corrected chi connectivity index (χ1v) is 11.8. The summed E-state index contributed by atoms with van der Waals surface area (Å²) in [5, 5.41) is 17.6. The minimum absolute atomic E-state index is 0.0875. The molecule has 10 heteroatoms. The molecule has 2 saturated heterocycles. The van der Waals surface area contributed by atoms with Crippen LogP contribution in [0.15, 0.2) is 0 Å². The summed E-state index contributed by atoms with van der Waals surface area (Å²) in [5.74, 6) is -0.861. The zero-order valence-electron chi connectivity index (χ0n) is 18.6. The lowest BCUT2D eigenvalue weighted by Crippen LogP contribution is -2.51. The molecule has 0 unspecified atom stereocenters. The van der Waals surface area contributed by atoms with Crippen LogP contribution < -0.4 is 16.0 Å². The summed E-state index contributed by atoms with van der Waals surface area (Å²) in [7, 11) is 0. The molecule has 4 N–H and O–H groups in total. The van der Waals surface area contributed by atoms with E-state index >= 15 is 0 Å². The number of hydrogen-bond donors (Lipinski definition) is 4. The Morgan fingerprint density at radius 3 is 2.50 bits per heavy atom. The minimum atomic E-state index is -1.27. The maximum Gasteiger partial charge on any atom is 0.407 e. The zero-order chi connectivity index (χ0) is 22.9. The lowest BCUT2D eigenvalue weighted by molar-refractivity contribution is -0.139. The quantitative estimate of drug-likeness (QED) is 0.383. The van der Waals surface area contributed by atoms with E-state index < -0.39 is 18.1 Å². The summed E-state index contributed by atoms with van der Waals surface area (Å²) < 4.78 is 5.00. The van der Waals surface area contributed by atoms with Crippen molar-refractivity contribution < 1.29 is 29.0 Å². The van der Waals surface area contributed by atoms with Crippen molar-refractivity contribution >= 4 is 23.9 Å². The number of carbonyl (C=O) groups excluding carboxylic acids is 3. The molecule has 1 saturated carbocycles. The topological polar surface area (TPSA) is 137 Å². The first-order valence-electron chi connectivity index (χ1n) is 11.8. The van der Waals surface area contributed by atoms with E-state index in [1.165, 1.54) is 0 Å². The predicted molar refractivity (Wildman–Crippen MR) is 116 cm³/mol. The number of nitrogens with zero attached hydrogens (tertiary/aromatic N) is 1. The summed E-state index contributed by atoms with van der Waals surface area (Å²) in [4.78, 5) is 50.2. The number of aliphatic carboxylic acids is 1. The Labute approximate surface area is 188 Å². The van der Waals surface area contributed by atoms with Gasteiger partial charge >= 0.3 is 12.1 Å². The number of ether oxygens (including phenoxy) is 1. The van der Waals surface area contributed by atoms with E-state index in [1.54, 1.807) is 4.90 Å². The van der Waals surface area contributed by atoms with Gasteiger partial charge in [0.1, 0.15) is 6.04 Å². The molecule has 2 aliphatic heterocycles. The molecule has 2 atom stereocenters. The highest BCUT2D eigenvalue weighted by Gasteiger charge is 2.30. The van der Waals surface area contributed by atoms with Crippen molar-refractivity contribution in [2.45, 2.75) is 57.4 Å². The predicted octanol–water partition coefficient (Wildman–Crippen LogP) is 0.710. The van der Waals surface area contributed by atoms with Gasteiger partial charge in [-0.05, 0) is 69.9 Å². The summed E-state index contributed by atoms with van der Waals surface area (Å²) in [5.41, 5.74) is 0. The van der Waals surface area contributed by atoms with Crippen LogP contribution in [0.2, 0.25) is 0 Å². The second-order valence-electron chi connectivity index (χ2n) is 9.23. The van der Waals surface area contributed by atoms with E-state index in [2.05, 4.69) is 16.0 Å². The fraction of sp³-hybridized carbons (Fsp3) is 0.818. The van der Waals surface area contributed by atoms with Gasteiger partial charge in [0.25, 0.3) is 0 Å². The van der Waals surface area contributed by atoms with Crippen molar-refractivity contribution in [1.29, 1.82) is 0 Å². The Balaban J connectivity index is 1.39. The van der Waals surface area contributed by atoms with Crippen LogP contribution in [-0.2, 0) is 19.1 Å². The Kier molecular flexibility index (Phi) is 9.13. The summed E-state index contributed by atoms with van der Waals surface area (Å²) in [6.45, 7) is 3.08. The molecule has 3 fully saturated rings. The highest BCUT2D eigenvalue weighted by molar-refractivity contribution is 5.83. The lowest BCUT2D eigenvalue weighted by Gasteiger charge is -2.33. The van der Waals surface area contributed by atoms with Gasteiger partial charge < -0.3 is 30.7 Å².